The van der Waals surface area contributed by atoms with Crippen molar-refractivity contribution < 1.29 is 23.1 Å². The first kappa shape index (κ1) is 16.2. The molecule has 2 aliphatic rings. The highest BCUT2D eigenvalue weighted by molar-refractivity contribution is 7.90. The normalized spacial score (nSPS) is 22.0. The van der Waals surface area contributed by atoms with Gasteiger partial charge in [0.1, 0.15) is 11.4 Å². The fourth-order valence-electron chi connectivity index (χ4n) is 1.95. The number of carboxylic acids is 1. The predicted molar refractivity (Wildman–Crippen MR) is 79.6 cm³/mol. The number of rotatable bonds is 4. The fraction of sp³-hybridized carbons (Fsp3) is 0.462. The number of amides is 1. The topological polar surface area (TPSA) is 116 Å². The largest absolute Gasteiger partial charge is 0.480 e. The molecule has 0 fully saturated rings. The predicted octanol–water partition coefficient (Wildman–Crippen LogP) is -0.146. The van der Waals surface area contributed by atoms with Crippen LogP contribution in [0.3, 0.4) is 0 Å². The Balaban J connectivity index is 2.19. The number of aliphatic carboxylic acids is 1. The Hall–Kier alpha value is -2.16. The zero-order chi connectivity index (χ0) is 16.5. The molecule has 0 aromatic carbocycles. The van der Waals surface area contributed by atoms with Gasteiger partial charge in [-0.05, 0) is 25.5 Å². The highest BCUT2D eigenvalue weighted by Gasteiger charge is 2.34. The molecule has 2 aliphatic heterocycles. The minimum Gasteiger partial charge on any atom is -0.480 e. The van der Waals surface area contributed by atoms with Gasteiger partial charge in [-0.25, -0.2) is 13.2 Å². The van der Waals surface area contributed by atoms with Gasteiger partial charge in [-0.15, -0.1) is 4.40 Å². The van der Waals surface area contributed by atoms with Crippen molar-refractivity contribution in [2.75, 3.05) is 12.3 Å². The van der Waals surface area contributed by atoms with Gasteiger partial charge in [0.25, 0.3) is 15.9 Å². The SMILES string of the molecule is CCC(C)(NC(=O)C1=CN2CCS(=O)(=O)N=C2C=C1)C(=O)O. The number of sulfonamides is 1. The van der Waals surface area contributed by atoms with Crippen LogP contribution < -0.4 is 5.32 Å². The summed E-state index contributed by atoms with van der Waals surface area (Å²) in [4.78, 5) is 25.0. The van der Waals surface area contributed by atoms with Crippen molar-refractivity contribution in [1.82, 2.24) is 10.2 Å². The number of carbonyl (C=O) groups is 2. The van der Waals surface area contributed by atoms with Crippen LogP contribution in [0.2, 0.25) is 0 Å². The smallest absolute Gasteiger partial charge is 0.329 e. The molecule has 2 N–H and O–H groups in total. The molecular formula is C13H17N3O5S. The van der Waals surface area contributed by atoms with Crippen LogP contribution in [0, 0.1) is 0 Å². The van der Waals surface area contributed by atoms with Crippen molar-refractivity contribution in [3.63, 3.8) is 0 Å². The Morgan fingerprint density at radius 3 is 2.73 bits per heavy atom. The molecule has 22 heavy (non-hydrogen) atoms. The number of amidine groups is 1. The van der Waals surface area contributed by atoms with Crippen LogP contribution in [0.5, 0.6) is 0 Å². The Kier molecular flexibility index (Phi) is 4.10. The van der Waals surface area contributed by atoms with Crippen LogP contribution >= 0.6 is 0 Å². The van der Waals surface area contributed by atoms with E-state index in [0.29, 0.717) is 0 Å². The molecular weight excluding hydrogens is 310 g/mol. The van der Waals surface area contributed by atoms with Crippen molar-refractivity contribution in [3.8, 4) is 0 Å². The molecule has 0 aromatic heterocycles. The summed E-state index contributed by atoms with van der Waals surface area (Å²) in [5.74, 6) is -1.53. The van der Waals surface area contributed by atoms with Crippen molar-refractivity contribution in [2.45, 2.75) is 25.8 Å². The molecule has 0 bridgehead atoms. The molecule has 0 saturated carbocycles. The van der Waals surface area contributed by atoms with E-state index in [2.05, 4.69) is 9.71 Å². The first-order chi connectivity index (χ1) is 10.2. The molecule has 0 aliphatic carbocycles. The van der Waals surface area contributed by atoms with E-state index in [-0.39, 0.29) is 30.1 Å². The average molecular weight is 327 g/mol. The maximum atomic E-state index is 12.2. The Bertz CT molecular complexity index is 707. The number of carboxylic acid groups (broad SMARTS) is 1. The lowest BCUT2D eigenvalue weighted by Crippen LogP contribution is -2.52. The summed E-state index contributed by atoms with van der Waals surface area (Å²) in [6, 6.07) is 0. The third-order valence-corrected chi connectivity index (χ3v) is 4.82. The maximum absolute atomic E-state index is 12.2. The van der Waals surface area contributed by atoms with E-state index in [0.717, 1.165) is 0 Å². The fourth-order valence-corrected chi connectivity index (χ4v) is 2.92. The summed E-state index contributed by atoms with van der Waals surface area (Å²) >= 11 is 0. The molecule has 1 unspecified atom stereocenters. The van der Waals surface area contributed by atoms with Crippen molar-refractivity contribution in [3.05, 3.63) is 23.9 Å². The first-order valence-electron chi connectivity index (χ1n) is 6.72. The molecule has 0 radical (unpaired) electrons. The minimum atomic E-state index is -3.45. The highest BCUT2D eigenvalue weighted by atomic mass is 32.2. The first-order valence-corrected chi connectivity index (χ1v) is 8.33. The van der Waals surface area contributed by atoms with Crippen molar-refractivity contribution in [1.29, 1.82) is 0 Å². The van der Waals surface area contributed by atoms with Gasteiger partial charge >= 0.3 is 5.97 Å². The van der Waals surface area contributed by atoms with E-state index in [1.54, 1.807) is 11.8 Å². The lowest BCUT2D eigenvalue weighted by Gasteiger charge is -2.29. The van der Waals surface area contributed by atoms with E-state index >= 15 is 0 Å². The molecule has 0 spiro atoms. The van der Waals surface area contributed by atoms with Gasteiger partial charge in [0.15, 0.2) is 0 Å². The van der Waals surface area contributed by atoms with Gasteiger partial charge in [-0.3, -0.25) is 4.79 Å². The molecule has 1 amide bonds. The van der Waals surface area contributed by atoms with Crippen molar-refractivity contribution in [2.24, 2.45) is 4.40 Å². The summed E-state index contributed by atoms with van der Waals surface area (Å²) < 4.78 is 26.4. The number of nitrogens with zero attached hydrogens (tertiary/aromatic N) is 2. The number of carbonyl (C=O) groups excluding carboxylic acids is 1. The van der Waals surface area contributed by atoms with Gasteiger partial charge < -0.3 is 15.3 Å². The summed E-state index contributed by atoms with van der Waals surface area (Å²) in [7, 11) is -3.45. The molecule has 8 nitrogen and oxygen atoms in total. The van der Waals surface area contributed by atoms with Crippen LogP contribution in [0.4, 0.5) is 0 Å². The summed E-state index contributed by atoms with van der Waals surface area (Å²) in [5, 5.41) is 11.7. The molecule has 1 atom stereocenters. The van der Waals surface area contributed by atoms with E-state index in [1.165, 1.54) is 25.3 Å². The van der Waals surface area contributed by atoms with Gasteiger partial charge in [0.05, 0.1) is 11.3 Å². The lowest BCUT2D eigenvalue weighted by molar-refractivity contribution is -0.146. The second kappa shape index (κ2) is 5.56. The van der Waals surface area contributed by atoms with E-state index in [1.807, 2.05) is 0 Å². The second-order valence-electron chi connectivity index (χ2n) is 5.29. The van der Waals surface area contributed by atoms with Gasteiger partial charge in [-0.2, -0.15) is 0 Å². The van der Waals surface area contributed by atoms with Crippen LogP contribution in [0.1, 0.15) is 20.3 Å². The minimum absolute atomic E-state index is 0.127. The van der Waals surface area contributed by atoms with Crippen LogP contribution in [0.15, 0.2) is 28.3 Å². The van der Waals surface area contributed by atoms with E-state index in [4.69, 9.17) is 0 Å². The van der Waals surface area contributed by atoms with Crippen LogP contribution in [-0.4, -0.2) is 54.0 Å². The third kappa shape index (κ3) is 3.19. The monoisotopic (exact) mass is 327 g/mol. The number of nitrogens with one attached hydrogen (secondary N) is 1. The average Bonchev–Trinajstić information content (AvgIpc) is 2.45. The Morgan fingerprint density at radius 2 is 2.14 bits per heavy atom. The standard InChI is InChI=1S/C13H17N3O5S/c1-3-13(2,12(18)19)14-11(17)9-4-5-10-15-22(20,21)7-6-16(10)8-9/h4-5,8H,3,6-7H2,1-2H3,(H,14,17)(H,18,19). The number of fused-ring (bicyclic) bond motifs is 1. The molecule has 9 heteroatoms. The van der Waals surface area contributed by atoms with Crippen LogP contribution in [0.25, 0.3) is 0 Å². The van der Waals surface area contributed by atoms with Gasteiger partial charge in [0.2, 0.25) is 0 Å². The molecule has 120 valence electrons. The van der Waals surface area contributed by atoms with E-state index < -0.39 is 27.4 Å². The van der Waals surface area contributed by atoms with Gasteiger partial charge in [-0.1, -0.05) is 6.92 Å². The van der Waals surface area contributed by atoms with Gasteiger partial charge in [0, 0.05) is 12.7 Å². The second-order valence-corrected chi connectivity index (χ2v) is 7.05. The molecule has 2 rings (SSSR count). The van der Waals surface area contributed by atoms with E-state index in [9.17, 15) is 23.1 Å². The highest BCUT2D eigenvalue weighted by Crippen LogP contribution is 2.17. The maximum Gasteiger partial charge on any atom is 0.329 e. The zero-order valence-corrected chi connectivity index (χ0v) is 13.1. The quantitative estimate of drug-likeness (QED) is 0.742. The number of hydrogen-bond acceptors (Lipinski definition) is 5. The van der Waals surface area contributed by atoms with Crippen LogP contribution in [-0.2, 0) is 19.6 Å². The number of hydrogen-bond donors (Lipinski definition) is 2. The summed E-state index contributed by atoms with van der Waals surface area (Å²) in [6.45, 7) is 3.30. The Morgan fingerprint density at radius 1 is 1.45 bits per heavy atom. The molecule has 2 heterocycles. The molecule has 0 saturated heterocycles. The summed E-state index contributed by atoms with van der Waals surface area (Å²) in [6.07, 6.45) is 4.56. The third-order valence-electron chi connectivity index (χ3n) is 3.65. The Labute approximate surface area is 128 Å². The zero-order valence-electron chi connectivity index (χ0n) is 12.2. The molecule has 0 aromatic rings. The summed E-state index contributed by atoms with van der Waals surface area (Å²) in [5.41, 5.74) is -1.11. The van der Waals surface area contributed by atoms with Crippen molar-refractivity contribution >= 4 is 27.7 Å². The lowest BCUT2D eigenvalue weighted by atomic mass is 9.98.